The van der Waals surface area contributed by atoms with Gasteiger partial charge in [-0.15, -0.1) is 10.2 Å². The summed E-state index contributed by atoms with van der Waals surface area (Å²) < 4.78 is 1.88. The van der Waals surface area contributed by atoms with E-state index in [1.165, 1.54) is 0 Å². The summed E-state index contributed by atoms with van der Waals surface area (Å²) in [7, 11) is 1.91. The number of hydrogen-bond donors (Lipinski definition) is 2. The lowest BCUT2D eigenvalue weighted by molar-refractivity contribution is 0.469. The predicted octanol–water partition coefficient (Wildman–Crippen LogP) is 2.80. The Labute approximate surface area is 122 Å². The van der Waals surface area contributed by atoms with Crippen LogP contribution in [0.15, 0.2) is 54.9 Å². The Kier molecular flexibility index (Phi) is 3.55. The molecule has 3 aromatic rings. The third-order valence-electron chi connectivity index (χ3n) is 3.31. The second-order valence-electron chi connectivity index (χ2n) is 4.83. The monoisotopic (exact) mass is 280 g/mol. The van der Waals surface area contributed by atoms with Gasteiger partial charge in [0.1, 0.15) is 12.1 Å². The van der Waals surface area contributed by atoms with Gasteiger partial charge >= 0.3 is 0 Å². The number of anilines is 1. The van der Waals surface area contributed by atoms with Crippen LogP contribution in [0.5, 0.6) is 5.75 Å². The molecule has 0 bridgehead atoms. The Morgan fingerprint density at radius 1 is 1.14 bits per heavy atom. The second kappa shape index (κ2) is 5.66. The number of aromatic nitrogens is 3. The molecule has 0 saturated carbocycles. The van der Waals surface area contributed by atoms with Crippen LogP contribution in [-0.4, -0.2) is 19.9 Å². The van der Waals surface area contributed by atoms with Crippen LogP contribution in [0.2, 0.25) is 0 Å². The summed E-state index contributed by atoms with van der Waals surface area (Å²) in [4.78, 5) is 0. The summed E-state index contributed by atoms with van der Waals surface area (Å²) in [5.41, 5.74) is 2.83. The van der Waals surface area contributed by atoms with E-state index in [0.717, 1.165) is 22.6 Å². The van der Waals surface area contributed by atoms with Crippen LogP contribution in [0.3, 0.4) is 0 Å². The number of aryl methyl sites for hydroxylation is 1. The van der Waals surface area contributed by atoms with Gasteiger partial charge in [-0.25, -0.2) is 0 Å². The van der Waals surface area contributed by atoms with Gasteiger partial charge in [-0.2, -0.15) is 0 Å². The predicted molar refractivity (Wildman–Crippen MR) is 81.9 cm³/mol. The van der Waals surface area contributed by atoms with Crippen molar-refractivity contribution >= 4 is 5.69 Å². The van der Waals surface area contributed by atoms with Crippen molar-refractivity contribution < 1.29 is 5.11 Å². The van der Waals surface area contributed by atoms with E-state index in [0.29, 0.717) is 12.3 Å². The molecule has 5 nitrogen and oxygen atoms in total. The van der Waals surface area contributed by atoms with Crippen LogP contribution in [-0.2, 0) is 13.6 Å². The van der Waals surface area contributed by atoms with Crippen molar-refractivity contribution in [1.82, 2.24) is 14.8 Å². The fourth-order valence-electron chi connectivity index (χ4n) is 2.17. The van der Waals surface area contributed by atoms with E-state index in [2.05, 4.69) is 15.5 Å². The van der Waals surface area contributed by atoms with Gasteiger partial charge in [0.25, 0.3) is 0 Å². The number of benzene rings is 2. The van der Waals surface area contributed by atoms with Gasteiger partial charge in [-0.1, -0.05) is 30.3 Å². The van der Waals surface area contributed by atoms with E-state index < -0.39 is 0 Å². The lowest BCUT2D eigenvalue weighted by Crippen LogP contribution is -2.00. The minimum Gasteiger partial charge on any atom is -0.508 e. The Balaban J connectivity index is 1.78. The second-order valence-corrected chi connectivity index (χ2v) is 4.83. The highest BCUT2D eigenvalue weighted by molar-refractivity contribution is 5.62. The summed E-state index contributed by atoms with van der Waals surface area (Å²) in [6.45, 7) is 0.564. The van der Waals surface area contributed by atoms with Crippen molar-refractivity contribution in [2.45, 2.75) is 6.54 Å². The molecule has 2 aromatic carbocycles. The zero-order chi connectivity index (χ0) is 14.7. The first-order valence-corrected chi connectivity index (χ1v) is 6.69. The van der Waals surface area contributed by atoms with Crippen LogP contribution in [0, 0.1) is 0 Å². The number of nitrogens with one attached hydrogen (secondary N) is 1. The average molecular weight is 280 g/mol. The fourth-order valence-corrected chi connectivity index (χ4v) is 2.17. The molecule has 0 amide bonds. The molecular weight excluding hydrogens is 264 g/mol. The van der Waals surface area contributed by atoms with Crippen LogP contribution >= 0.6 is 0 Å². The maximum absolute atomic E-state index is 9.77. The van der Waals surface area contributed by atoms with E-state index in [9.17, 15) is 5.11 Å². The number of hydrogen-bond acceptors (Lipinski definition) is 4. The Morgan fingerprint density at radius 3 is 2.76 bits per heavy atom. The zero-order valence-corrected chi connectivity index (χ0v) is 11.7. The molecule has 21 heavy (non-hydrogen) atoms. The Bertz CT molecular complexity index is 751. The molecule has 106 valence electrons. The molecule has 0 fully saturated rings. The summed E-state index contributed by atoms with van der Waals surface area (Å²) in [5.74, 6) is 1.12. The largest absolute Gasteiger partial charge is 0.508 e. The minimum atomic E-state index is 0.300. The zero-order valence-electron chi connectivity index (χ0n) is 11.7. The third kappa shape index (κ3) is 2.86. The summed E-state index contributed by atoms with van der Waals surface area (Å²) in [5, 5.41) is 21.1. The molecule has 0 aliphatic carbocycles. The number of para-hydroxylation sites is 1. The topological polar surface area (TPSA) is 63.0 Å². The van der Waals surface area contributed by atoms with Crippen molar-refractivity contribution in [2.75, 3.05) is 5.32 Å². The van der Waals surface area contributed by atoms with Crippen LogP contribution in [0.1, 0.15) is 5.56 Å². The molecule has 5 heteroatoms. The van der Waals surface area contributed by atoms with Gasteiger partial charge in [0.2, 0.25) is 0 Å². The van der Waals surface area contributed by atoms with Crippen LogP contribution in [0.4, 0.5) is 5.69 Å². The summed E-state index contributed by atoms with van der Waals surface area (Å²) in [6.07, 6.45) is 1.68. The average Bonchev–Trinajstić information content (AvgIpc) is 2.93. The standard InChI is InChI=1S/C16H16N4O/c1-20-11-18-19-16(20)12-6-4-7-14(9-12)17-10-13-5-2-3-8-15(13)21/h2-9,11,17,21H,10H2,1H3. The van der Waals surface area contributed by atoms with Gasteiger partial charge in [0, 0.05) is 30.4 Å². The first kappa shape index (κ1) is 13.2. The van der Waals surface area contributed by atoms with Crippen molar-refractivity contribution in [2.24, 2.45) is 7.05 Å². The molecule has 0 spiro atoms. The lowest BCUT2D eigenvalue weighted by Gasteiger charge is -2.09. The first-order valence-electron chi connectivity index (χ1n) is 6.69. The smallest absolute Gasteiger partial charge is 0.163 e. The van der Waals surface area contributed by atoms with Crippen molar-refractivity contribution in [3.05, 3.63) is 60.4 Å². The highest BCUT2D eigenvalue weighted by atomic mass is 16.3. The minimum absolute atomic E-state index is 0.300. The van der Waals surface area contributed by atoms with E-state index in [1.807, 2.05) is 54.1 Å². The third-order valence-corrected chi connectivity index (χ3v) is 3.31. The highest BCUT2D eigenvalue weighted by Crippen LogP contribution is 2.22. The van der Waals surface area contributed by atoms with Crippen LogP contribution in [0.25, 0.3) is 11.4 Å². The lowest BCUT2D eigenvalue weighted by atomic mass is 10.1. The maximum Gasteiger partial charge on any atom is 0.163 e. The van der Waals surface area contributed by atoms with Crippen LogP contribution < -0.4 is 5.32 Å². The molecule has 1 aromatic heterocycles. The molecular formula is C16H16N4O. The molecule has 2 N–H and O–H groups in total. The quantitative estimate of drug-likeness (QED) is 0.771. The molecule has 3 rings (SSSR count). The Hall–Kier alpha value is -2.82. The fraction of sp³-hybridized carbons (Fsp3) is 0.125. The van der Waals surface area contributed by atoms with Gasteiger partial charge in [-0.05, 0) is 18.2 Å². The number of phenolic OH excluding ortho intramolecular Hbond substituents is 1. The summed E-state index contributed by atoms with van der Waals surface area (Å²) in [6, 6.07) is 15.3. The number of nitrogens with zero attached hydrogens (tertiary/aromatic N) is 3. The molecule has 0 unspecified atom stereocenters. The normalized spacial score (nSPS) is 10.5. The number of aromatic hydroxyl groups is 1. The van der Waals surface area contributed by atoms with E-state index in [-0.39, 0.29) is 0 Å². The SMILES string of the molecule is Cn1cnnc1-c1cccc(NCc2ccccc2O)c1. The molecule has 0 atom stereocenters. The van der Waals surface area contributed by atoms with Gasteiger partial charge < -0.3 is 15.0 Å². The van der Waals surface area contributed by atoms with Gasteiger partial charge in [-0.3, -0.25) is 0 Å². The van der Waals surface area contributed by atoms with Crippen molar-refractivity contribution in [3.63, 3.8) is 0 Å². The summed E-state index contributed by atoms with van der Waals surface area (Å²) >= 11 is 0. The number of phenols is 1. The number of rotatable bonds is 4. The van der Waals surface area contributed by atoms with E-state index >= 15 is 0 Å². The molecule has 0 aliphatic heterocycles. The molecule has 0 radical (unpaired) electrons. The van der Waals surface area contributed by atoms with Gasteiger partial charge in [0.05, 0.1) is 0 Å². The molecule has 0 saturated heterocycles. The van der Waals surface area contributed by atoms with E-state index in [1.54, 1.807) is 12.4 Å². The maximum atomic E-state index is 9.77. The van der Waals surface area contributed by atoms with Gasteiger partial charge in [0.15, 0.2) is 5.82 Å². The Morgan fingerprint density at radius 2 is 2.00 bits per heavy atom. The molecule has 0 aliphatic rings. The molecule has 1 heterocycles. The van der Waals surface area contributed by atoms with Crippen molar-refractivity contribution in [1.29, 1.82) is 0 Å². The highest BCUT2D eigenvalue weighted by Gasteiger charge is 2.05. The van der Waals surface area contributed by atoms with Crippen molar-refractivity contribution in [3.8, 4) is 17.1 Å². The first-order chi connectivity index (χ1) is 10.2. The van der Waals surface area contributed by atoms with E-state index in [4.69, 9.17) is 0 Å².